The summed E-state index contributed by atoms with van der Waals surface area (Å²) in [7, 11) is 0. The summed E-state index contributed by atoms with van der Waals surface area (Å²) >= 11 is 0. The predicted molar refractivity (Wildman–Crippen MR) is 106 cm³/mol. The third-order valence-electron chi connectivity index (χ3n) is 5.05. The summed E-state index contributed by atoms with van der Waals surface area (Å²) in [6.07, 6.45) is 2.22. The lowest BCUT2D eigenvalue weighted by molar-refractivity contribution is -0.115. The Morgan fingerprint density at radius 1 is 0.964 bits per heavy atom. The molecule has 0 spiro atoms. The van der Waals surface area contributed by atoms with E-state index >= 15 is 0 Å². The summed E-state index contributed by atoms with van der Waals surface area (Å²) < 4.78 is 0. The highest BCUT2D eigenvalue weighted by Gasteiger charge is 2.21. The highest BCUT2D eigenvalue weighted by molar-refractivity contribution is 5.96. The number of carbonyl (C=O) groups excluding carboxylic acids is 2. The van der Waals surface area contributed by atoms with E-state index in [0.717, 1.165) is 31.5 Å². The Morgan fingerprint density at radius 3 is 2.11 bits per heavy atom. The van der Waals surface area contributed by atoms with Gasteiger partial charge in [0.25, 0.3) is 5.91 Å². The Labute approximate surface area is 164 Å². The van der Waals surface area contributed by atoms with Crippen LogP contribution in [0.1, 0.15) is 46.0 Å². The first-order valence-electron chi connectivity index (χ1n) is 9.44. The maximum absolute atomic E-state index is 12.6. The zero-order valence-corrected chi connectivity index (χ0v) is 15.9. The van der Waals surface area contributed by atoms with Crippen molar-refractivity contribution in [2.24, 2.45) is 5.92 Å². The molecule has 0 saturated carbocycles. The molecule has 0 aromatic heterocycles. The second-order valence-corrected chi connectivity index (χ2v) is 7.28. The Morgan fingerprint density at radius 2 is 1.54 bits per heavy atom. The van der Waals surface area contributed by atoms with Gasteiger partial charge in [-0.3, -0.25) is 9.59 Å². The highest BCUT2D eigenvalue weighted by Crippen LogP contribution is 2.19. The Kier molecular flexibility index (Phi) is 6.09. The molecule has 0 unspecified atom stereocenters. The number of carboxylic acids is 1. The zero-order valence-electron chi connectivity index (χ0n) is 15.9. The maximum atomic E-state index is 12.6. The molecular weight excluding hydrogens is 356 g/mol. The van der Waals surface area contributed by atoms with Crippen molar-refractivity contribution < 1.29 is 19.5 Å². The lowest BCUT2D eigenvalue weighted by Crippen LogP contribution is -2.37. The van der Waals surface area contributed by atoms with Gasteiger partial charge in [-0.15, -0.1) is 0 Å². The van der Waals surface area contributed by atoms with Crippen LogP contribution in [-0.2, 0) is 11.2 Å². The molecule has 146 valence electrons. The molecule has 1 aliphatic heterocycles. The van der Waals surface area contributed by atoms with Crippen LogP contribution in [0, 0.1) is 5.92 Å². The van der Waals surface area contributed by atoms with Gasteiger partial charge >= 0.3 is 5.97 Å². The number of nitrogens with one attached hydrogen (secondary N) is 1. The Bertz CT molecular complexity index is 851. The van der Waals surface area contributed by atoms with E-state index in [1.54, 1.807) is 36.4 Å². The molecule has 2 N–H and O–H groups in total. The van der Waals surface area contributed by atoms with Gasteiger partial charge < -0.3 is 15.3 Å². The van der Waals surface area contributed by atoms with Gasteiger partial charge in [-0.1, -0.05) is 19.1 Å². The summed E-state index contributed by atoms with van der Waals surface area (Å²) in [4.78, 5) is 37.5. The number of rotatable bonds is 5. The molecule has 0 radical (unpaired) electrons. The fourth-order valence-electron chi connectivity index (χ4n) is 3.25. The average molecular weight is 380 g/mol. The number of likely N-dealkylation sites (tertiary alicyclic amines) is 1. The minimum Gasteiger partial charge on any atom is -0.478 e. The SMILES string of the molecule is CC1CCN(C(=O)c2ccc(NC(=O)Cc3ccc(C(=O)O)cc3)cc2)CC1. The molecule has 1 fully saturated rings. The summed E-state index contributed by atoms with van der Waals surface area (Å²) in [5.41, 5.74) is 2.16. The van der Waals surface area contributed by atoms with Crippen molar-refractivity contribution in [3.8, 4) is 0 Å². The summed E-state index contributed by atoms with van der Waals surface area (Å²) in [6, 6.07) is 13.1. The molecule has 3 rings (SSSR count). The van der Waals surface area contributed by atoms with Gasteiger partial charge in [0.1, 0.15) is 0 Å². The van der Waals surface area contributed by atoms with Crippen molar-refractivity contribution in [3.63, 3.8) is 0 Å². The van der Waals surface area contributed by atoms with E-state index in [9.17, 15) is 14.4 Å². The topological polar surface area (TPSA) is 86.7 Å². The number of benzene rings is 2. The number of nitrogens with zero attached hydrogens (tertiary/aromatic N) is 1. The monoisotopic (exact) mass is 380 g/mol. The normalized spacial score (nSPS) is 14.5. The van der Waals surface area contributed by atoms with Gasteiger partial charge in [0.05, 0.1) is 12.0 Å². The molecule has 1 heterocycles. The lowest BCUT2D eigenvalue weighted by Gasteiger charge is -2.30. The van der Waals surface area contributed by atoms with Crippen LogP contribution in [0.5, 0.6) is 0 Å². The molecule has 6 nitrogen and oxygen atoms in total. The number of carboxylic acid groups (broad SMARTS) is 1. The molecular formula is C22H24N2O4. The second-order valence-electron chi connectivity index (χ2n) is 7.28. The first kappa shape index (κ1) is 19.6. The molecule has 1 saturated heterocycles. The van der Waals surface area contributed by atoms with Crippen molar-refractivity contribution in [3.05, 3.63) is 65.2 Å². The van der Waals surface area contributed by atoms with Crippen LogP contribution in [0.25, 0.3) is 0 Å². The van der Waals surface area contributed by atoms with Gasteiger partial charge in [0, 0.05) is 24.3 Å². The Balaban J connectivity index is 1.55. The number of piperidine rings is 1. The molecule has 0 atom stereocenters. The molecule has 0 bridgehead atoms. The van der Waals surface area contributed by atoms with Crippen LogP contribution in [0.4, 0.5) is 5.69 Å². The highest BCUT2D eigenvalue weighted by atomic mass is 16.4. The van der Waals surface area contributed by atoms with Gasteiger partial charge in [-0.05, 0) is 60.7 Å². The van der Waals surface area contributed by atoms with E-state index < -0.39 is 5.97 Å². The fraction of sp³-hybridized carbons (Fsp3) is 0.318. The number of anilines is 1. The van der Waals surface area contributed by atoms with E-state index in [1.165, 1.54) is 12.1 Å². The van der Waals surface area contributed by atoms with Crippen LogP contribution in [0.3, 0.4) is 0 Å². The van der Waals surface area contributed by atoms with E-state index in [2.05, 4.69) is 12.2 Å². The number of hydrogen-bond acceptors (Lipinski definition) is 3. The van der Waals surface area contributed by atoms with Crippen molar-refractivity contribution in [1.82, 2.24) is 4.90 Å². The molecule has 2 aromatic carbocycles. The van der Waals surface area contributed by atoms with Crippen molar-refractivity contribution in [2.75, 3.05) is 18.4 Å². The standard InChI is InChI=1S/C22H24N2O4/c1-15-10-12-24(13-11-15)21(26)17-6-8-19(9-7-17)23-20(25)14-16-2-4-18(5-3-16)22(27)28/h2-9,15H,10-14H2,1H3,(H,23,25)(H,27,28). The summed E-state index contributed by atoms with van der Waals surface area (Å²) in [5.74, 6) is -0.498. The fourth-order valence-corrected chi connectivity index (χ4v) is 3.25. The number of aromatic carboxylic acids is 1. The van der Waals surface area contributed by atoms with Gasteiger partial charge in [-0.2, -0.15) is 0 Å². The number of amides is 2. The third-order valence-corrected chi connectivity index (χ3v) is 5.05. The first-order chi connectivity index (χ1) is 13.4. The van der Waals surface area contributed by atoms with Crippen LogP contribution >= 0.6 is 0 Å². The molecule has 28 heavy (non-hydrogen) atoms. The third kappa shape index (κ3) is 4.97. The maximum Gasteiger partial charge on any atom is 0.335 e. The van der Waals surface area contributed by atoms with Gasteiger partial charge in [0.15, 0.2) is 0 Å². The number of hydrogen-bond donors (Lipinski definition) is 2. The lowest BCUT2D eigenvalue weighted by atomic mass is 9.98. The van der Waals surface area contributed by atoms with Gasteiger partial charge in [0.2, 0.25) is 5.91 Å². The smallest absolute Gasteiger partial charge is 0.335 e. The minimum absolute atomic E-state index is 0.0308. The first-order valence-corrected chi connectivity index (χ1v) is 9.44. The summed E-state index contributed by atoms with van der Waals surface area (Å²) in [6.45, 7) is 3.79. The largest absolute Gasteiger partial charge is 0.478 e. The van der Waals surface area contributed by atoms with Crippen molar-refractivity contribution in [1.29, 1.82) is 0 Å². The average Bonchev–Trinajstić information content (AvgIpc) is 2.69. The molecule has 6 heteroatoms. The van der Waals surface area contributed by atoms with Crippen molar-refractivity contribution in [2.45, 2.75) is 26.2 Å². The van der Waals surface area contributed by atoms with Crippen LogP contribution in [-0.4, -0.2) is 40.9 Å². The van der Waals surface area contributed by atoms with Crippen LogP contribution < -0.4 is 5.32 Å². The van der Waals surface area contributed by atoms with E-state index in [4.69, 9.17) is 5.11 Å². The molecule has 1 aliphatic rings. The van der Waals surface area contributed by atoms with Crippen molar-refractivity contribution >= 4 is 23.5 Å². The summed E-state index contributed by atoms with van der Waals surface area (Å²) in [5, 5.41) is 11.7. The van der Waals surface area contributed by atoms with E-state index in [0.29, 0.717) is 17.2 Å². The second kappa shape index (κ2) is 8.69. The van der Waals surface area contributed by atoms with E-state index in [1.807, 2.05) is 4.90 Å². The van der Waals surface area contributed by atoms with Crippen LogP contribution in [0.15, 0.2) is 48.5 Å². The zero-order chi connectivity index (χ0) is 20.1. The van der Waals surface area contributed by atoms with Crippen LogP contribution in [0.2, 0.25) is 0 Å². The molecule has 0 aliphatic carbocycles. The number of carbonyl (C=O) groups is 3. The quantitative estimate of drug-likeness (QED) is 0.832. The predicted octanol–water partition coefficient (Wildman–Crippen LogP) is 3.44. The van der Waals surface area contributed by atoms with E-state index in [-0.39, 0.29) is 23.8 Å². The minimum atomic E-state index is -0.996. The molecule has 2 amide bonds. The molecule has 2 aromatic rings. The Hall–Kier alpha value is -3.15. The van der Waals surface area contributed by atoms with Gasteiger partial charge in [-0.25, -0.2) is 4.79 Å².